The number of hydrogen-bond donors (Lipinski definition) is 2. The quantitative estimate of drug-likeness (QED) is 0.592. The fourth-order valence-corrected chi connectivity index (χ4v) is 4.35. The van der Waals surface area contributed by atoms with E-state index in [2.05, 4.69) is 5.32 Å². The maximum absolute atomic E-state index is 12.2. The predicted octanol–water partition coefficient (Wildman–Crippen LogP) is 1.82. The van der Waals surface area contributed by atoms with Gasteiger partial charge in [0.25, 0.3) is 0 Å². The summed E-state index contributed by atoms with van der Waals surface area (Å²) in [5, 5.41) is 12.0. The van der Waals surface area contributed by atoms with Gasteiger partial charge in [-0.05, 0) is 19.8 Å². The van der Waals surface area contributed by atoms with Crippen LogP contribution in [0.1, 0.15) is 32.6 Å². The molecule has 0 aromatic heterocycles. The average Bonchev–Trinajstić information content (AvgIpc) is 2.83. The SMILES string of the molecule is CCOC(=O)C1=C(NC(=O)/C=C/C(=O)O)SC2CCCCC12. The third-order valence-corrected chi connectivity index (χ3v) is 5.12. The van der Waals surface area contributed by atoms with Gasteiger partial charge in [0.2, 0.25) is 5.91 Å². The maximum atomic E-state index is 12.2. The van der Waals surface area contributed by atoms with Crippen molar-refractivity contribution in [3.8, 4) is 0 Å². The minimum Gasteiger partial charge on any atom is -0.478 e. The van der Waals surface area contributed by atoms with Gasteiger partial charge in [0.1, 0.15) is 0 Å². The van der Waals surface area contributed by atoms with Gasteiger partial charge in [-0.2, -0.15) is 0 Å². The minimum absolute atomic E-state index is 0.108. The largest absolute Gasteiger partial charge is 0.478 e. The van der Waals surface area contributed by atoms with Crippen LogP contribution >= 0.6 is 11.8 Å². The number of ether oxygens (including phenoxy) is 1. The lowest BCUT2D eigenvalue weighted by molar-refractivity contribution is -0.139. The second-order valence-corrected chi connectivity index (χ2v) is 6.42. The summed E-state index contributed by atoms with van der Waals surface area (Å²) in [6.07, 6.45) is 5.81. The summed E-state index contributed by atoms with van der Waals surface area (Å²) in [6, 6.07) is 0. The van der Waals surface area contributed by atoms with Crippen LogP contribution < -0.4 is 5.32 Å². The first-order valence-corrected chi connectivity index (χ1v) is 8.20. The highest BCUT2D eigenvalue weighted by Gasteiger charge is 2.41. The molecule has 0 saturated heterocycles. The first kappa shape index (κ1) is 16.6. The van der Waals surface area contributed by atoms with E-state index in [9.17, 15) is 14.4 Å². The van der Waals surface area contributed by atoms with Crippen molar-refractivity contribution >= 4 is 29.6 Å². The summed E-state index contributed by atoms with van der Waals surface area (Å²) >= 11 is 1.48. The first-order valence-electron chi connectivity index (χ1n) is 7.32. The molecule has 1 amide bonds. The van der Waals surface area contributed by atoms with Crippen LogP contribution in [0, 0.1) is 5.92 Å². The fourth-order valence-electron chi connectivity index (χ4n) is 2.80. The molecule has 22 heavy (non-hydrogen) atoms. The second-order valence-electron chi connectivity index (χ2n) is 5.17. The molecular weight excluding hydrogens is 306 g/mol. The van der Waals surface area contributed by atoms with Gasteiger partial charge < -0.3 is 15.2 Å². The van der Waals surface area contributed by atoms with Crippen LogP contribution in [0.2, 0.25) is 0 Å². The lowest BCUT2D eigenvalue weighted by Gasteiger charge is -2.25. The summed E-state index contributed by atoms with van der Waals surface area (Å²) in [4.78, 5) is 34.4. The van der Waals surface area contributed by atoms with Gasteiger partial charge in [-0.3, -0.25) is 4.79 Å². The van der Waals surface area contributed by atoms with Crippen LogP contribution in [0.3, 0.4) is 0 Å². The van der Waals surface area contributed by atoms with Gasteiger partial charge in [0, 0.05) is 23.3 Å². The lowest BCUT2D eigenvalue weighted by atomic mass is 9.84. The van der Waals surface area contributed by atoms with Gasteiger partial charge in [-0.25, -0.2) is 9.59 Å². The smallest absolute Gasteiger partial charge is 0.336 e. The summed E-state index contributed by atoms with van der Waals surface area (Å²) in [5.74, 6) is -2.02. The summed E-state index contributed by atoms with van der Waals surface area (Å²) < 4.78 is 5.11. The zero-order valence-electron chi connectivity index (χ0n) is 12.3. The summed E-state index contributed by atoms with van der Waals surface area (Å²) in [6.45, 7) is 2.03. The van der Waals surface area contributed by atoms with Crippen molar-refractivity contribution in [1.29, 1.82) is 0 Å². The van der Waals surface area contributed by atoms with Crippen molar-refractivity contribution in [2.24, 2.45) is 5.92 Å². The summed E-state index contributed by atoms with van der Waals surface area (Å²) in [5.41, 5.74) is 0.536. The standard InChI is InChI=1S/C15H19NO5S/c1-2-21-15(20)13-9-5-3-4-6-10(9)22-14(13)16-11(17)7-8-12(18)19/h7-10H,2-6H2,1H3,(H,16,17)(H,18,19)/b8-7+. The maximum Gasteiger partial charge on any atom is 0.336 e. The molecule has 2 N–H and O–H groups in total. The zero-order valence-corrected chi connectivity index (χ0v) is 13.1. The Hall–Kier alpha value is -1.76. The number of nitrogens with one attached hydrogen (secondary N) is 1. The van der Waals surface area contributed by atoms with E-state index in [1.54, 1.807) is 6.92 Å². The molecule has 0 aromatic carbocycles. The van der Waals surface area contributed by atoms with E-state index in [1.165, 1.54) is 11.8 Å². The third kappa shape index (κ3) is 3.91. The van der Waals surface area contributed by atoms with E-state index < -0.39 is 11.9 Å². The molecule has 1 saturated carbocycles. The fraction of sp³-hybridized carbons (Fsp3) is 0.533. The molecule has 0 aromatic rings. The topological polar surface area (TPSA) is 92.7 Å². The Labute approximate surface area is 133 Å². The second kappa shape index (κ2) is 7.49. The first-order chi connectivity index (χ1) is 10.5. The van der Waals surface area contributed by atoms with Gasteiger partial charge >= 0.3 is 11.9 Å². The lowest BCUT2D eigenvalue weighted by Crippen LogP contribution is -2.25. The Morgan fingerprint density at radius 3 is 2.73 bits per heavy atom. The Kier molecular flexibility index (Phi) is 5.65. The van der Waals surface area contributed by atoms with Gasteiger partial charge in [-0.1, -0.05) is 12.8 Å². The zero-order chi connectivity index (χ0) is 16.1. The molecule has 2 rings (SSSR count). The Bertz CT molecular complexity index is 540. The molecule has 2 unspecified atom stereocenters. The Morgan fingerprint density at radius 1 is 1.32 bits per heavy atom. The van der Waals surface area contributed by atoms with E-state index >= 15 is 0 Å². The van der Waals surface area contributed by atoms with E-state index in [1.807, 2.05) is 0 Å². The summed E-state index contributed by atoms with van der Waals surface area (Å²) in [7, 11) is 0. The molecule has 7 heteroatoms. The van der Waals surface area contributed by atoms with Gasteiger partial charge in [-0.15, -0.1) is 11.8 Å². The van der Waals surface area contributed by atoms with Crippen molar-refractivity contribution in [2.45, 2.75) is 37.9 Å². The molecule has 6 nitrogen and oxygen atoms in total. The number of esters is 1. The predicted molar refractivity (Wildman–Crippen MR) is 81.9 cm³/mol. The number of carboxylic acid groups (broad SMARTS) is 1. The van der Waals surface area contributed by atoms with E-state index in [4.69, 9.17) is 9.84 Å². The van der Waals surface area contributed by atoms with Gasteiger partial charge in [0.15, 0.2) is 0 Å². The van der Waals surface area contributed by atoms with Crippen LogP contribution in [0.25, 0.3) is 0 Å². The number of carbonyl (C=O) groups is 3. The van der Waals surface area contributed by atoms with Gasteiger partial charge in [0.05, 0.1) is 17.2 Å². The number of carbonyl (C=O) groups excluding carboxylic acids is 2. The van der Waals surface area contributed by atoms with E-state index in [-0.39, 0.29) is 23.7 Å². The Morgan fingerprint density at radius 2 is 2.05 bits per heavy atom. The third-order valence-electron chi connectivity index (χ3n) is 3.70. The number of carboxylic acids is 1. The monoisotopic (exact) mass is 325 g/mol. The molecule has 2 atom stereocenters. The number of aliphatic carboxylic acids is 1. The Balaban J connectivity index is 2.18. The molecular formula is C15H19NO5S. The van der Waals surface area contributed by atoms with Crippen molar-refractivity contribution in [2.75, 3.05) is 6.61 Å². The average molecular weight is 325 g/mol. The normalized spacial score (nSPS) is 24.2. The molecule has 0 spiro atoms. The van der Waals surface area contributed by atoms with Crippen LogP contribution in [-0.4, -0.2) is 34.8 Å². The van der Waals surface area contributed by atoms with Crippen molar-refractivity contribution in [3.63, 3.8) is 0 Å². The number of hydrogen-bond acceptors (Lipinski definition) is 5. The highest BCUT2D eigenvalue weighted by atomic mass is 32.2. The minimum atomic E-state index is -1.19. The van der Waals surface area contributed by atoms with Crippen LogP contribution in [0.5, 0.6) is 0 Å². The highest BCUT2D eigenvalue weighted by Crippen LogP contribution is 2.48. The van der Waals surface area contributed by atoms with Crippen LogP contribution in [0.4, 0.5) is 0 Å². The molecule has 1 heterocycles. The highest BCUT2D eigenvalue weighted by molar-refractivity contribution is 8.04. The molecule has 1 aliphatic heterocycles. The molecule has 2 aliphatic rings. The molecule has 1 fully saturated rings. The van der Waals surface area contributed by atoms with E-state index in [0.29, 0.717) is 10.6 Å². The number of fused-ring (bicyclic) bond motifs is 1. The van der Waals surface area contributed by atoms with E-state index in [0.717, 1.165) is 37.8 Å². The number of rotatable bonds is 5. The molecule has 120 valence electrons. The molecule has 0 bridgehead atoms. The molecule has 0 radical (unpaired) electrons. The van der Waals surface area contributed by atoms with Crippen molar-refractivity contribution in [3.05, 3.63) is 22.8 Å². The number of amides is 1. The van der Waals surface area contributed by atoms with Crippen molar-refractivity contribution in [1.82, 2.24) is 5.32 Å². The van der Waals surface area contributed by atoms with Crippen LogP contribution in [0.15, 0.2) is 22.8 Å². The van der Waals surface area contributed by atoms with Crippen molar-refractivity contribution < 1.29 is 24.2 Å². The molecule has 1 aliphatic carbocycles. The van der Waals surface area contributed by atoms with Crippen LogP contribution in [-0.2, 0) is 19.1 Å². The number of thioether (sulfide) groups is 1.